The monoisotopic (exact) mass is 568 g/mol. The molecule has 0 N–H and O–H groups in total. The predicted octanol–water partition coefficient (Wildman–Crippen LogP) is 4.58. The van der Waals surface area contributed by atoms with Crippen LogP contribution in [0.5, 0.6) is 46.0 Å². The van der Waals surface area contributed by atoms with Gasteiger partial charge < -0.3 is 37.9 Å². The number of rotatable bonds is 18. The average molecular weight is 569 g/mol. The zero-order chi connectivity index (χ0) is 29.8. The maximum Gasteiger partial charge on any atom is 0.477 e. The maximum atomic E-state index is 12.1. The Morgan fingerprint density at radius 3 is 1.00 bits per heavy atom. The van der Waals surface area contributed by atoms with E-state index in [1.165, 1.54) is 28.4 Å². The molecule has 0 bridgehead atoms. The standard InChI is InChI=1S/C28H42NO11/c1-17-19(23(33-5)27(37-9)25(35-7)21(17)31-3)13-11-15-39-29(30)40-16-12-14-20-18(2)22(32-4)26(36-8)28(38-10)24(20)34-6/h11-16H2,1-10H3/q+1. The minimum absolute atomic E-state index is 0.128. The summed E-state index contributed by atoms with van der Waals surface area (Å²) in [6.07, 6.45) is 2.11. The summed E-state index contributed by atoms with van der Waals surface area (Å²) in [4.78, 5) is 22.5. The molecule has 0 saturated heterocycles. The van der Waals surface area contributed by atoms with Gasteiger partial charge >= 0.3 is 5.09 Å². The van der Waals surface area contributed by atoms with Gasteiger partial charge in [0.1, 0.15) is 4.91 Å². The Bertz CT molecular complexity index is 1060. The first-order valence-electron chi connectivity index (χ1n) is 12.7. The second kappa shape index (κ2) is 15.6. The fraction of sp³-hybridized carbons (Fsp3) is 0.571. The second-order valence-electron chi connectivity index (χ2n) is 8.57. The highest BCUT2D eigenvalue weighted by Crippen LogP contribution is 2.50. The van der Waals surface area contributed by atoms with Crippen LogP contribution in [0.1, 0.15) is 35.1 Å². The van der Waals surface area contributed by atoms with E-state index < -0.39 is 0 Å². The minimum Gasteiger partial charge on any atom is -0.492 e. The Balaban J connectivity index is 1.96. The van der Waals surface area contributed by atoms with E-state index in [-0.39, 0.29) is 18.3 Å². The van der Waals surface area contributed by atoms with Crippen LogP contribution < -0.4 is 37.9 Å². The van der Waals surface area contributed by atoms with Crippen LogP contribution >= 0.6 is 0 Å². The van der Waals surface area contributed by atoms with E-state index in [9.17, 15) is 4.91 Å². The van der Waals surface area contributed by atoms with Gasteiger partial charge in [-0.05, 0) is 39.5 Å². The Labute approximate surface area is 235 Å². The molecule has 0 aliphatic heterocycles. The molecule has 2 aromatic rings. The van der Waals surface area contributed by atoms with Crippen LogP contribution in [0.25, 0.3) is 0 Å². The highest BCUT2D eigenvalue weighted by Gasteiger charge is 2.27. The molecule has 0 aliphatic carbocycles. The Morgan fingerprint density at radius 2 is 0.725 bits per heavy atom. The van der Waals surface area contributed by atoms with E-state index in [2.05, 4.69) is 0 Å². The smallest absolute Gasteiger partial charge is 0.477 e. The zero-order valence-electron chi connectivity index (χ0n) is 25.2. The molecule has 0 amide bonds. The van der Waals surface area contributed by atoms with Gasteiger partial charge in [-0.1, -0.05) is 0 Å². The molecule has 12 nitrogen and oxygen atoms in total. The number of hydrogen-bond acceptors (Lipinski definition) is 11. The van der Waals surface area contributed by atoms with Gasteiger partial charge in [0.25, 0.3) is 0 Å². The Morgan fingerprint density at radius 1 is 0.450 bits per heavy atom. The van der Waals surface area contributed by atoms with Crippen LogP contribution in [-0.2, 0) is 22.5 Å². The van der Waals surface area contributed by atoms with Crippen molar-refractivity contribution in [2.75, 3.05) is 70.1 Å². The van der Waals surface area contributed by atoms with Crippen LogP contribution in [0.4, 0.5) is 0 Å². The molecule has 224 valence electrons. The Kier molecular flexibility index (Phi) is 12.6. The molecule has 0 spiro atoms. The third kappa shape index (κ3) is 6.78. The fourth-order valence-electron chi connectivity index (χ4n) is 4.72. The van der Waals surface area contributed by atoms with Gasteiger partial charge in [-0.2, -0.15) is 9.68 Å². The molecule has 0 aliphatic rings. The molecule has 2 rings (SSSR count). The van der Waals surface area contributed by atoms with Gasteiger partial charge in [0.05, 0.1) is 56.9 Å². The van der Waals surface area contributed by atoms with Crippen molar-refractivity contribution in [3.05, 3.63) is 27.2 Å². The van der Waals surface area contributed by atoms with Crippen molar-refractivity contribution in [3.63, 3.8) is 0 Å². The molecule has 2 aromatic carbocycles. The molecular weight excluding hydrogens is 526 g/mol. The molecule has 0 heterocycles. The second-order valence-corrected chi connectivity index (χ2v) is 8.57. The highest BCUT2D eigenvalue weighted by atomic mass is 17.0. The van der Waals surface area contributed by atoms with Crippen LogP contribution in [0.3, 0.4) is 0 Å². The third-order valence-corrected chi connectivity index (χ3v) is 6.54. The number of benzene rings is 2. The van der Waals surface area contributed by atoms with Gasteiger partial charge in [0.2, 0.25) is 23.0 Å². The first kappa shape index (κ1) is 32.3. The van der Waals surface area contributed by atoms with Gasteiger partial charge in [0, 0.05) is 22.3 Å². The normalized spacial score (nSPS) is 10.4. The summed E-state index contributed by atoms with van der Waals surface area (Å²) in [5.74, 6) is 4.01. The van der Waals surface area contributed by atoms with Crippen LogP contribution in [0, 0.1) is 18.8 Å². The van der Waals surface area contributed by atoms with Crippen LogP contribution in [0.15, 0.2) is 0 Å². The molecule has 0 radical (unpaired) electrons. The quantitative estimate of drug-likeness (QED) is 0.186. The molecule has 12 heteroatoms. The average Bonchev–Trinajstić information content (AvgIpc) is 2.97. The van der Waals surface area contributed by atoms with Gasteiger partial charge in [-0.3, -0.25) is 0 Å². The van der Waals surface area contributed by atoms with Gasteiger partial charge in [-0.15, -0.1) is 0 Å². The number of hydrogen-bond donors (Lipinski definition) is 0. The van der Waals surface area contributed by atoms with Crippen molar-refractivity contribution in [1.29, 1.82) is 0 Å². The van der Waals surface area contributed by atoms with Crippen molar-refractivity contribution in [3.8, 4) is 46.0 Å². The highest BCUT2D eigenvalue weighted by molar-refractivity contribution is 5.67. The van der Waals surface area contributed by atoms with E-state index in [4.69, 9.17) is 47.6 Å². The summed E-state index contributed by atoms with van der Waals surface area (Å²) >= 11 is 0. The van der Waals surface area contributed by atoms with E-state index in [1.807, 2.05) is 13.8 Å². The van der Waals surface area contributed by atoms with E-state index in [0.717, 1.165) is 22.3 Å². The third-order valence-electron chi connectivity index (χ3n) is 6.54. The summed E-state index contributed by atoms with van der Waals surface area (Å²) < 4.78 is 44.3. The molecule has 40 heavy (non-hydrogen) atoms. The molecule has 0 saturated carbocycles. The molecule has 0 atom stereocenters. The molecular formula is C28H42NO11+. The van der Waals surface area contributed by atoms with Crippen molar-refractivity contribution in [2.45, 2.75) is 39.5 Å². The van der Waals surface area contributed by atoms with Crippen molar-refractivity contribution >= 4 is 0 Å². The van der Waals surface area contributed by atoms with Gasteiger partial charge in [0.15, 0.2) is 36.2 Å². The van der Waals surface area contributed by atoms with Crippen molar-refractivity contribution in [2.24, 2.45) is 0 Å². The summed E-state index contributed by atoms with van der Waals surface area (Å²) in [6, 6.07) is 0. The SMILES string of the molecule is COc1c(C)c(CCCO[N+](=O)OCCCc2c(C)c(OC)c(OC)c(OC)c2OC)c(OC)c(OC)c1OC. The number of ether oxygens (including phenoxy) is 8. The summed E-state index contributed by atoms with van der Waals surface area (Å²) in [7, 11) is 12.4. The molecule has 0 unspecified atom stereocenters. The summed E-state index contributed by atoms with van der Waals surface area (Å²) in [5.41, 5.74) is 3.44. The maximum absolute atomic E-state index is 12.1. The number of methoxy groups -OCH3 is 8. The first-order valence-corrected chi connectivity index (χ1v) is 12.7. The predicted molar refractivity (Wildman–Crippen MR) is 147 cm³/mol. The van der Waals surface area contributed by atoms with E-state index in [0.29, 0.717) is 71.7 Å². The number of nitrogens with zero attached hydrogens (tertiary/aromatic N) is 1. The molecule has 0 aromatic heterocycles. The zero-order valence-corrected chi connectivity index (χ0v) is 25.2. The lowest BCUT2D eigenvalue weighted by atomic mass is 10.00. The summed E-state index contributed by atoms with van der Waals surface area (Å²) in [6.45, 7) is 4.07. The van der Waals surface area contributed by atoms with Crippen LogP contribution in [-0.4, -0.2) is 75.2 Å². The lowest BCUT2D eigenvalue weighted by molar-refractivity contribution is -0.981. The first-order chi connectivity index (χ1) is 19.3. The van der Waals surface area contributed by atoms with Crippen molar-refractivity contribution in [1.82, 2.24) is 0 Å². The van der Waals surface area contributed by atoms with E-state index >= 15 is 0 Å². The topological polar surface area (TPSA) is 112 Å². The lowest BCUT2D eigenvalue weighted by Gasteiger charge is -2.21. The fourth-order valence-corrected chi connectivity index (χ4v) is 4.72. The lowest BCUT2D eigenvalue weighted by Crippen LogP contribution is -2.14. The largest absolute Gasteiger partial charge is 0.492 e. The van der Waals surface area contributed by atoms with Crippen LogP contribution in [0.2, 0.25) is 0 Å². The Hall–Kier alpha value is -3.96. The summed E-state index contributed by atoms with van der Waals surface area (Å²) in [5, 5.41) is 0.137. The van der Waals surface area contributed by atoms with Crippen molar-refractivity contribution < 1.29 is 52.7 Å². The van der Waals surface area contributed by atoms with E-state index in [1.54, 1.807) is 28.4 Å². The molecule has 0 fully saturated rings. The van der Waals surface area contributed by atoms with Gasteiger partial charge in [-0.25, -0.2) is 0 Å². The minimum atomic E-state index is 0.128.